The summed E-state index contributed by atoms with van der Waals surface area (Å²) in [4.78, 5) is 5.22. The van der Waals surface area contributed by atoms with Gasteiger partial charge >= 0.3 is 0 Å². The minimum absolute atomic E-state index is 0.852. The third kappa shape index (κ3) is 3.70. The molecule has 25 heavy (non-hydrogen) atoms. The third-order valence-corrected chi connectivity index (χ3v) is 6.26. The van der Waals surface area contributed by atoms with E-state index in [1.165, 1.54) is 38.0 Å². The van der Waals surface area contributed by atoms with Gasteiger partial charge in [0.1, 0.15) is 11.5 Å². The maximum atomic E-state index is 5.54. The number of benzene rings is 1. The first-order valence-electron chi connectivity index (χ1n) is 9.59. The van der Waals surface area contributed by atoms with E-state index in [0.717, 1.165) is 48.9 Å². The highest BCUT2D eigenvalue weighted by Gasteiger charge is 2.36. The number of rotatable bonds is 6. The van der Waals surface area contributed by atoms with E-state index in [0.29, 0.717) is 0 Å². The van der Waals surface area contributed by atoms with Gasteiger partial charge in [-0.05, 0) is 36.7 Å². The number of ether oxygens (including phenoxy) is 2. The molecule has 4 rings (SSSR count). The van der Waals surface area contributed by atoms with E-state index >= 15 is 0 Å². The lowest BCUT2D eigenvalue weighted by molar-refractivity contribution is 0.108. The highest BCUT2D eigenvalue weighted by atomic mass is 16.5. The Balaban J connectivity index is 1.28. The maximum absolute atomic E-state index is 5.54. The van der Waals surface area contributed by atoms with Crippen LogP contribution in [0.3, 0.4) is 0 Å². The van der Waals surface area contributed by atoms with Crippen LogP contribution in [0.5, 0.6) is 11.5 Å². The molecule has 4 heteroatoms. The van der Waals surface area contributed by atoms with Crippen LogP contribution in [0.15, 0.2) is 30.4 Å². The molecule has 2 fully saturated rings. The first-order valence-corrected chi connectivity index (χ1v) is 9.59. The van der Waals surface area contributed by atoms with Crippen LogP contribution in [-0.4, -0.2) is 56.7 Å². The van der Waals surface area contributed by atoms with E-state index in [2.05, 4.69) is 28.0 Å². The number of hydrogen-bond donors (Lipinski definition) is 0. The largest absolute Gasteiger partial charge is 0.497 e. The van der Waals surface area contributed by atoms with Crippen molar-refractivity contribution in [3.05, 3.63) is 35.9 Å². The molecule has 0 spiro atoms. The van der Waals surface area contributed by atoms with Crippen LogP contribution in [0.25, 0.3) is 0 Å². The summed E-state index contributed by atoms with van der Waals surface area (Å²) < 4.78 is 10.8. The molecule has 1 aromatic carbocycles. The molecule has 1 heterocycles. The van der Waals surface area contributed by atoms with E-state index in [-0.39, 0.29) is 0 Å². The Morgan fingerprint density at radius 1 is 0.960 bits per heavy atom. The number of piperazine rings is 1. The van der Waals surface area contributed by atoms with Crippen molar-refractivity contribution in [2.45, 2.75) is 19.4 Å². The van der Waals surface area contributed by atoms with Crippen molar-refractivity contribution in [1.82, 2.24) is 9.80 Å². The molecule has 1 aliphatic heterocycles. The summed E-state index contributed by atoms with van der Waals surface area (Å²) in [5.74, 6) is 4.44. The van der Waals surface area contributed by atoms with E-state index in [9.17, 15) is 0 Å². The topological polar surface area (TPSA) is 24.9 Å². The van der Waals surface area contributed by atoms with Crippen LogP contribution in [0.1, 0.15) is 18.4 Å². The molecule has 0 unspecified atom stereocenters. The first kappa shape index (κ1) is 16.9. The van der Waals surface area contributed by atoms with Gasteiger partial charge in [-0.25, -0.2) is 0 Å². The number of allylic oxidation sites excluding steroid dienone is 2. The molecule has 0 N–H and O–H groups in total. The molecule has 3 atom stereocenters. The summed E-state index contributed by atoms with van der Waals surface area (Å²) in [5, 5.41) is 0. The Morgan fingerprint density at radius 3 is 2.40 bits per heavy atom. The van der Waals surface area contributed by atoms with Crippen LogP contribution >= 0.6 is 0 Å². The van der Waals surface area contributed by atoms with Gasteiger partial charge in [-0.3, -0.25) is 4.90 Å². The van der Waals surface area contributed by atoms with Crippen molar-refractivity contribution in [2.24, 2.45) is 17.8 Å². The standard InChI is InChI=1S/C21H30N2O2/c1-24-20-6-5-18(21(13-20)25-2)14-22-7-9-23(10-8-22)15-19-12-16-3-4-17(19)11-16/h3-6,13,16-17,19H,7-12,14-15H2,1-2H3/t16-,17+,19-/m1/s1. The van der Waals surface area contributed by atoms with Crippen molar-refractivity contribution in [1.29, 1.82) is 0 Å². The fraction of sp³-hybridized carbons (Fsp3) is 0.619. The average molecular weight is 342 g/mol. The summed E-state index contributed by atoms with van der Waals surface area (Å²) in [6.45, 7) is 6.92. The Labute approximate surface area is 151 Å². The summed E-state index contributed by atoms with van der Waals surface area (Å²) in [7, 11) is 3.43. The van der Waals surface area contributed by atoms with Crippen molar-refractivity contribution >= 4 is 0 Å². The molecule has 4 nitrogen and oxygen atoms in total. The molecule has 136 valence electrons. The summed E-state index contributed by atoms with van der Waals surface area (Å²) in [6.07, 6.45) is 7.76. The minimum atomic E-state index is 0.852. The number of methoxy groups -OCH3 is 2. The lowest BCUT2D eigenvalue weighted by Crippen LogP contribution is -2.47. The molecule has 1 saturated carbocycles. The van der Waals surface area contributed by atoms with Gasteiger partial charge in [0.25, 0.3) is 0 Å². The maximum Gasteiger partial charge on any atom is 0.127 e. The van der Waals surface area contributed by atoms with Gasteiger partial charge in [0.2, 0.25) is 0 Å². The zero-order valence-corrected chi connectivity index (χ0v) is 15.5. The van der Waals surface area contributed by atoms with Gasteiger partial charge in [-0.2, -0.15) is 0 Å². The lowest BCUT2D eigenvalue weighted by atomic mass is 9.93. The van der Waals surface area contributed by atoms with Crippen LogP contribution < -0.4 is 9.47 Å². The van der Waals surface area contributed by atoms with E-state index in [1.54, 1.807) is 14.2 Å². The Hall–Kier alpha value is -1.52. The van der Waals surface area contributed by atoms with Gasteiger partial charge in [-0.1, -0.05) is 18.2 Å². The molecule has 1 aromatic rings. The highest BCUT2D eigenvalue weighted by Crippen LogP contribution is 2.43. The Bertz CT molecular complexity index is 622. The van der Waals surface area contributed by atoms with E-state index in [4.69, 9.17) is 9.47 Å². The molecular formula is C21H30N2O2. The lowest BCUT2D eigenvalue weighted by Gasteiger charge is -2.37. The zero-order chi connectivity index (χ0) is 17.2. The number of nitrogens with zero attached hydrogens (tertiary/aromatic N) is 2. The Morgan fingerprint density at radius 2 is 1.76 bits per heavy atom. The SMILES string of the molecule is COc1ccc(CN2CCN(C[C@H]3C[C@@H]4C=C[C@H]3C4)CC2)c(OC)c1. The summed E-state index contributed by atoms with van der Waals surface area (Å²) in [6, 6.07) is 6.14. The Kier molecular flexibility index (Phi) is 5.00. The average Bonchev–Trinajstić information content (AvgIpc) is 3.26. The van der Waals surface area contributed by atoms with Gasteiger partial charge in [0.05, 0.1) is 14.2 Å². The fourth-order valence-corrected chi connectivity index (χ4v) is 4.79. The zero-order valence-electron chi connectivity index (χ0n) is 15.5. The summed E-state index contributed by atoms with van der Waals surface area (Å²) >= 11 is 0. The second-order valence-electron chi connectivity index (χ2n) is 7.79. The number of hydrogen-bond acceptors (Lipinski definition) is 4. The number of fused-ring (bicyclic) bond motifs is 2. The molecule has 0 radical (unpaired) electrons. The molecule has 3 aliphatic rings. The van der Waals surface area contributed by atoms with Crippen LogP contribution in [0.2, 0.25) is 0 Å². The van der Waals surface area contributed by atoms with Crippen molar-refractivity contribution < 1.29 is 9.47 Å². The molecule has 2 aliphatic carbocycles. The molecule has 2 bridgehead atoms. The van der Waals surface area contributed by atoms with Crippen molar-refractivity contribution in [3.63, 3.8) is 0 Å². The predicted molar refractivity (Wildman–Crippen MR) is 100 cm³/mol. The first-order chi connectivity index (χ1) is 12.2. The molecule has 0 amide bonds. The second kappa shape index (κ2) is 7.38. The normalized spacial score (nSPS) is 29.3. The van der Waals surface area contributed by atoms with Gasteiger partial charge in [-0.15, -0.1) is 0 Å². The van der Waals surface area contributed by atoms with Crippen LogP contribution in [0, 0.1) is 17.8 Å². The third-order valence-electron chi connectivity index (χ3n) is 6.26. The predicted octanol–water partition coefficient (Wildman–Crippen LogP) is 3.03. The van der Waals surface area contributed by atoms with E-state index < -0.39 is 0 Å². The molecular weight excluding hydrogens is 312 g/mol. The van der Waals surface area contributed by atoms with Crippen LogP contribution in [-0.2, 0) is 6.54 Å². The molecule has 0 aromatic heterocycles. The van der Waals surface area contributed by atoms with Gasteiger partial charge < -0.3 is 14.4 Å². The highest BCUT2D eigenvalue weighted by molar-refractivity contribution is 5.40. The molecule has 1 saturated heterocycles. The second-order valence-corrected chi connectivity index (χ2v) is 7.79. The smallest absolute Gasteiger partial charge is 0.127 e. The minimum Gasteiger partial charge on any atom is -0.497 e. The quantitative estimate of drug-likeness (QED) is 0.742. The van der Waals surface area contributed by atoms with Crippen molar-refractivity contribution in [3.8, 4) is 11.5 Å². The van der Waals surface area contributed by atoms with E-state index in [1.807, 2.05) is 12.1 Å². The van der Waals surface area contributed by atoms with Gasteiger partial charge in [0.15, 0.2) is 0 Å². The van der Waals surface area contributed by atoms with Gasteiger partial charge in [0, 0.05) is 50.9 Å². The monoisotopic (exact) mass is 342 g/mol. The van der Waals surface area contributed by atoms with Crippen molar-refractivity contribution in [2.75, 3.05) is 46.9 Å². The fourth-order valence-electron chi connectivity index (χ4n) is 4.79. The summed E-state index contributed by atoms with van der Waals surface area (Å²) in [5.41, 5.74) is 1.25. The van der Waals surface area contributed by atoms with Crippen LogP contribution in [0.4, 0.5) is 0 Å².